The SMILES string of the molecule is CC(C)(C)[N-]C1c2ccccc2-c2ccccc21.C[Si]C.[Cl-].[Cl-].[Ti+3]. The molecule has 1 nitrogen and oxygen atoms in total. The number of rotatable bonds is 1. The van der Waals surface area contributed by atoms with Crippen molar-refractivity contribution in [2.24, 2.45) is 0 Å². The standard InChI is InChI=1S/C17H18N.C2H6Si.2ClH.Ti/c1-17(2,3)18-16-14-10-6-4-8-12(14)13-9-5-7-11-15(13)16;1-3-2;;;/h4-11,16H,1-3H3;1-2H3;2*1H;/q-1;;;;+3/p-2. The number of benzene rings is 2. The number of halogens is 2. The predicted molar refractivity (Wildman–Crippen MR) is 94.3 cm³/mol. The molecule has 1 aliphatic rings. The summed E-state index contributed by atoms with van der Waals surface area (Å²) in [6.45, 7) is 10.8. The number of hydrogen-bond donors (Lipinski definition) is 0. The van der Waals surface area contributed by atoms with Crippen molar-refractivity contribution >= 4 is 9.52 Å². The molecular weight excluding hydrogens is 389 g/mol. The maximum absolute atomic E-state index is 4.99. The maximum Gasteiger partial charge on any atom is 3.00 e. The minimum atomic E-state index is -0.0186. The quantitative estimate of drug-likeness (QED) is 0.572. The molecule has 1 aliphatic carbocycles. The molecule has 24 heavy (non-hydrogen) atoms. The molecule has 5 heteroatoms. The molecular formula is C19H24Cl2NSiTi. The summed E-state index contributed by atoms with van der Waals surface area (Å²) in [5.41, 5.74) is 5.34. The van der Waals surface area contributed by atoms with E-state index in [2.05, 4.69) is 82.4 Å². The van der Waals surface area contributed by atoms with Crippen molar-refractivity contribution < 1.29 is 46.5 Å². The van der Waals surface area contributed by atoms with Gasteiger partial charge in [0.05, 0.1) is 0 Å². The minimum Gasteiger partial charge on any atom is -1.00 e. The number of nitrogens with zero attached hydrogens (tertiary/aromatic N) is 1. The third-order valence-corrected chi connectivity index (χ3v) is 3.32. The summed E-state index contributed by atoms with van der Waals surface area (Å²) < 4.78 is 0. The smallest absolute Gasteiger partial charge is 1.00 e. The van der Waals surface area contributed by atoms with Gasteiger partial charge in [0, 0.05) is 9.52 Å². The van der Waals surface area contributed by atoms with Crippen LogP contribution in [-0.4, -0.2) is 15.1 Å². The topological polar surface area (TPSA) is 14.1 Å². The fourth-order valence-electron chi connectivity index (χ4n) is 2.66. The minimum absolute atomic E-state index is 0. The third kappa shape index (κ3) is 6.33. The molecule has 0 saturated carbocycles. The summed E-state index contributed by atoms with van der Waals surface area (Å²) in [6, 6.07) is 17.4. The summed E-state index contributed by atoms with van der Waals surface area (Å²) >= 11 is 0. The van der Waals surface area contributed by atoms with Crippen molar-refractivity contribution in [3.63, 3.8) is 0 Å². The molecule has 3 radical (unpaired) electrons. The van der Waals surface area contributed by atoms with Crippen LogP contribution in [0.3, 0.4) is 0 Å². The molecule has 0 aromatic heterocycles. The van der Waals surface area contributed by atoms with Gasteiger partial charge >= 0.3 is 21.7 Å². The van der Waals surface area contributed by atoms with Crippen LogP contribution in [0.5, 0.6) is 0 Å². The average Bonchev–Trinajstić information content (AvgIpc) is 2.74. The van der Waals surface area contributed by atoms with Gasteiger partial charge < -0.3 is 30.1 Å². The molecule has 0 saturated heterocycles. The van der Waals surface area contributed by atoms with Crippen LogP contribution < -0.4 is 24.8 Å². The first-order valence-corrected chi connectivity index (χ1v) is 9.46. The molecule has 0 spiro atoms. The van der Waals surface area contributed by atoms with Gasteiger partial charge in [0.25, 0.3) is 0 Å². The Kier molecular flexibility index (Phi) is 12.5. The van der Waals surface area contributed by atoms with Crippen LogP contribution in [0, 0.1) is 0 Å². The van der Waals surface area contributed by atoms with Gasteiger partial charge in [-0.25, -0.2) is 0 Å². The van der Waals surface area contributed by atoms with Crippen LogP contribution in [0.25, 0.3) is 16.4 Å². The molecule has 0 N–H and O–H groups in total. The van der Waals surface area contributed by atoms with E-state index in [0.29, 0.717) is 0 Å². The molecule has 0 heterocycles. The Hall–Kier alpha value is -0.0888. The van der Waals surface area contributed by atoms with E-state index in [0.717, 1.165) is 9.52 Å². The van der Waals surface area contributed by atoms with E-state index in [1.165, 1.54) is 22.3 Å². The summed E-state index contributed by atoms with van der Waals surface area (Å²) in [7, 11) is 1.08. The summed E-state index contributed by atoms with van der Waals surface area (Å²) in [6.07, 6.45) is 0. The van der Waals surface area contributed by atoms with Gasteiger partial charge in [-0.1, -0.05) is 99.6 Å². The Labute approximate surface area is 176 Å². The maximum atomic E-state index is 4.99. The predicted octanol–water partition coefficient (Wildman–Crippen LogP) is -0.279. The fourth-order valence-corrected chi connectivity index (χ4v) is 2.66. The van der Waals surface area contributed by atoms with Crippen LogP contribution in [0.4, 0.5) is 0 Å². The zero-order chi connectivity index (χ0) is 15.5. The van der Waals surface area contributed by atoms with Gasteiger partial charge in [0.1, 0.15) is 0 Å². The number of fused-ring (bicyclic) bond motifs is 3. The van der Waals surface area contributed by atoms with Crippen LogP contribution in [0.15, 0.2) is 48.5 Å². The van der Waals surface area contributed by atoms with Crippen LogP contribution in [0.2, 0.25) is 13.1 Å². The molecule has 3 rings (SSSR count). The van der Waals surface area contributed by atoms with Crippen molar-refractivity contribution in [3.8, 4) is 11.1 Å². The average molecular weight is 413 g/mol. The van der Waals surface area contributed by atoms with E-state index in [4.69, 9.17) is 5.32 Å². The first kappa shape index (κ1) is 26.1. The van der Waals surface area contributed by atoms with Crippen LogP contribution >= 0.6 is 0 Å². The van der Waals surface area contributed by atoms with E-state index in [-0.39, 0.29) is 58.1 Å². The second-order valence-corrected chi connectivity index (χ2v) is 7.38. The molecule has 127 valence electrons. The van der Waals surface area contributed by atoms with E-state index in [9.17, 15) is 0 Å². The second kappa shape index (κ2) is 11.5. The molecule has 0 amide bonds. The van der Waals surface area contributed by atoms with Crippen molar-refractivity contribution in [3.05, 3.63) is 65.0 Å². The Morgan fingerprint density at radius 3 is 1.46 bits per heavy atom. The molecule has 0 fully saturated rings. The van der Waals surface area contributed by atoms with Gasteiger partial charge in [0.2, 0.25) is 0 Å². The molecule has 0 aliphatic heterocycles. The van der Waals surface area contributed by atoms with Crippen molar-refractivity contribution in [1.29, 1.82) is 0 Å². The molecule has 0 bridgehead atoms. The van der Waals surface area contributed by atoms with E-state index in [1.54, 1.807) is 0 Å². The van der Waals surface area contributed by atoms with E-state index >= 15 is 0 Å². The van der Waals surface area contributed by atoms with Gasteiger partial charge in [0.15, 0.2) is 0 Å². The van der Waals surface area contributed by atoms with Gasteiger partial charge in [-0.15, -0.1) is 5.54 Å². The largest absolute Gasteiger partial charge is 3.00 e. The fraction of sp³-hybridized carbons (Fsp3) is 0.368. The van der Waals surface area contributed by atoms with Crippen LogP contribution in [-0.2, 0) is 21.7 Å². The normalized spacial score (nSPS) is 11.5. The van der Waals surface area contributed by atoms with Crippen molar-refractivity contribution in [2.75, 3.05) is 0 Å². The molecule has 0 unspecified atom stereocenters. The Bertz CT molecular complexity index is 569. The third-order valence-electron chi connectivity index (χ3n) is 3.32. The van der Waals surface area contributed by atoms with Gasteiger partial charge in [-0.05, 0) is 11.1 Å². The first-order chi connectivity index (χ1) is 9.98. The van der Waals surface area contributed by atoms with E-state index in [1.807, 2.05) is 0 Å². The first-order valence-electron chi connectivity index (χ1n) is 7.46. The summed E-state index contributed by atoms with van der Waals surface area (Å²) in [5.74, 6) is 0. The zero-order valence-corrected chi connectivity index (χ0v) is 19.0. The summed E-state index contributed by atoms with van der Waals surface area (Å²) in [4.78, 5) is 0. The Morgan fingerprint density at radius 1 is 0.792 bits per heavy atom. The molecule has 2 aromatic carbocycles. The van der Waals surface area contributed by atoms with Crippen molar-refractivity contribution in [2.45, 2.75) is 45.4 Å². The van der Waals surface area contributed by atoms with Gasteiger partial charge in [-0.3, -0.25) is 0 Å². The van der Waals surface area contributed by atoms with Crippen molar-refractivity contribution in [1.82, 2.24) is 0 Å². The van der Waals surface area contributed by atoms with Gasteiger partial charge in [-0.2, -0.15) is 0 Å². The monoisotopic (exact) mass is 412 g/mol. The number of hydrogen-bond acceptors (Lipinski definition) is 0. The Balaban J connectivity index is 0. The summed E-state index contributed by atoms with van der Waals surface area (Å²) in [5, 5.41) is 4.99. The Morgan fingerprint density at radius 2 is 1.12 bits per heavy atom. The second-order valence-electron chi connectivity index (χ2n) is 6.38. The molecule has 2 aromatic rings. The van der Waals surface area contributed by atoms with E-state index < -0.39 is 0 Å². The van der Waals surface area contributed by atoms with Crippen LogP contribution in [0.1, 0.15) is 37.9 Å². The zero-order valence-electron chi connectivity index (χ0n) is 14.9. The molecule has 0 atom stereocenters.